The average molecular weight is 500 g/mol. The highest BCUT2D eigenvalue weighted by atomic mass is 19.4. The first-order valence-corrected chi connectivity index (χ1v) is 11.8. The molecule has 1 saturated heterocycles. The first-order chi connectivity index (χ1) is 17.1. The number of halogens is 3. The Labute approximate surface area is 207 Å². The lowest BCUT2D eigenvalue weighted by molar-refractivity contribution is -0.142. The predicted molar refractivity (Wildman–Crippen MR) is 127 cm³/mol. The zero-order chi connectivity index (χ0) is 25.9. The molecule has 10 heteroatoms. The monoisotopic (exact) mass is 499 g/mol. The Morgan fingerprint density at radius 2 is 1.78 bits per heavy atom. The van der Waals surface area contributed by atoms with Crippen molar-refractivity contribution in [1.29, 1.82) is 0 Å². The minimum atomic E-state index is -4.55. The number of likely N-dealkylation sites (tertiary alicyclic amines) is 1. The molecule has 0 saturated carbocycles. The lowest BCUT2D eigenvalue weighted by Crippen LogP contribution is -2.40. The van der Waals surface area contributed by atoms with Gasteiger partial charge in [-0.3, -0.25) is 14.3 Å². The third kappa shape index (κ3) is 5.92. The molecule has 1 atom stereocenters. The Balaban J connectivity index is 1.34. The van der Waals surface area contributed by atoms with E-state index in [0.29, 0.717) is 31.6 Å². The number of piperidine rings is 1. The second kappa shape index (κ2) is 10.5. The number of pyridine rings is 1. The average Bonchev–Trinajstić information content (AvgIpc) is 3.25. The third-order valence-electron chi connectivity index (χ3n) is 6.47. The van der Waals surface area contributed by atoms with Crippen molar-refractivity contribution in [2.24, 2.45) is 0 Å². The van der Waals surface area contributed by atoms with E-state index in [1.807, 2.05) is 43.3 Å². The highest BCUT2D eigenvalue weighted by Gasteiger charge is 2.35. The fraction of sp³-hybridized carbons (Fsp3) is 0.385. The lowest BCUT2D eigenvalue weighted by atomic mass is 9.93. The molecule has 190 valence electrons. The van der Waals surface area contributed by atoms with Crippen LogP contribution in [0.2, 0.25) is 0 Å². The van der Waals surface area contributed by atoms with Crippen LogP contribution in [0.3, 0.4) is 0 Å². The van der Waals surface area contributed by atoms with Gasteiger partial charge < -0.3 is 10.2 Å². The van der Waals surface area contributed by atoms with Crippen LogP contribution in [0, 0.1) is 6.92 Å². The minimum Gasteiger partial charge on any atom is -0.344 e. The van der Waals surface area contributed by atoms with E-state index in [4.69, 9.17) is 0 Å². The molecule has 2 aromatic heterocycles. The van der Waals surface area contributed by atoms with Gasteiger partial charge in [0.25, 0.3) is 5.91 Å². The summed E-state index contributed by atoms with van der Waals surface area (Å²) in [6.45, 7) is 4.09. The van der Waals surface area contributed by atoms with Crippen molar-refractivity contribution in [3.05, 3.63) is 82.9 Å². The largest absolute Gasteiger partial charge is 0.435 e. The van der Waals surface area contributed by atoms with Crippen LogP contribution in [0.5, 0.6) is 0 Å². The number of benzene rings is 1. The van der Waals surface area contributed by atoms with Crippen molar-refractivity contribution >= 4 is 11.8 Å². The van der Waals surface area contributed by atoms with Crippen molar-refractivity contribution in [3.8, 4) is 0 Å². The smallest absolute Gasteiger partial charge is 0.344 e. The molecule has 0 spiro atoms. The number of aromatic nitrogens is 3. The fourth-order valence-corrected chi connectivity index (χ4v) is 4.36. The molecule has 3 heterocycles. The molecule has 3 aromatic rings. The van der Waals surface area contributed by atoms with E-state index >= 15 is 0 Å². The number of carbonyl (C=O) groups is 2. The summed E-state index contributed by atoms with van der Waals surface area (Å²) < 4.78 is 39.8. The number of hydrogen-bond acceptors (Lipinski definition) is 4. The van der Waals surface area contributed by atoms with Crippen LogP contribution in [0.4, 0.5) is 13.2 Å². The van der Waals surface area contributed by atoms with Gasteiger partial charge in [-0.05, 0) is 50.5 Å². The molecule has 1 aliphatic heterocycles. The second-order valence-corrected chi connectivity index (χ2v) is 9.03. The van der Waals surface area contributed by atoms with Crippen LogP contribution in [0.15, 0.2) is 54.6 Å². The molecule has 1 unspecified atom stereocenters. The van der Waals surface area contributed by atoms with Crippen LogP contribution in [-0.2, 0) is 17.5 Å². The summed E-state index contributed by atoms with van der Waals surface area (Å²) in [4.78, 5) is 31.7. The van der Waals surface area contributed by atoms with Gasteiger partial charge in [-0.1, -0.05) is 36.4 Å². The highest BCUT2D eigenvalue weighted by molar-refractivity contribution is 5.92. The molecule has 36 heavy (non-hydrogen) atoms. The van der Waals surface area contributed by atoms with Gasteiger partial charge >= 0.3 is 6.18 Å². The van der Waals surface area contributed by atoms with E-state index < -0.39 is 11.9 Å². The van der Waals surface area contributed by atoms with Gasteiger partial charge in [-0.15, -0.1) is 0 Å². The van der Waals surface area contributed by atoms with E-state index in [2.05, 4.69) is 15.4 Å². The number of aryl methyl sites for hydroxylation is 1. The zero-order valence-electron chi connectivity index (χ0n) is 20.1. The van der Waals surface area contributed by atoms with Crippen molar-refractivity contribution in [2.75, 3.05) is 13.1 Å². The summed E-state index contributed by atoms with van der Waals surface area (Å²) in [5.41, 5.74) is 1.41. The molecule has 7 nitrogen and oxygen atoms in total. The van der Waals surface area contributed by atoms with Gasteiger partial charge in [0.1, 0.15) is 12.2 Å². The molecule has 0 aliphatic carbocycles. The van der Waals surface area contributed by atoms with Gasteiger partial charge in [0.05, 0.1) is 6.04 Å². The van der Waals surface area contributed by atoms with E-state index in [1.54, 1.807) is 17.0 Å². The molecule has 2 amide bonds. The quantitative estimate of drug-likeness (QED) is 0.542. The molecule has 4 rings (SSSR count). The van der Waals surface area contributed by atoms with Crippen LogP contribution in [-0.4, -0.2) is 44.6 Å². The zero-order valence-corrected chi connectivity index (χ0v) is 20.1. The van der Waals surface area contributed by atoms with Crippen LogP contribution in [0.25, 0.3) is 0 Å². The Morgan fingerprint density at radius 3 is 2.42 bits per heavy atom. The van der Waals surface area contributed by atoms with Gasteiger partial charge in [0.15, 0.2) is 5.69 Å². The molecule has 0 radical (unpaired) electrons. The van der Waals surface area contributed by atoms with Crippen molar-refractivity contribution in [1.82, 2.24) is 25.0 Å². The number of carbonyl (C=O) groups excluding carboxylic acids is 2. The summed E-state index contributed by atoms with van der Waals surface area (Å²) in [6.07, 6.45) is -3.25. The Kier molecular flexibility index (Phi) is 7.42. The maximum Gasteiger partial charge on any atom is 0.435 e. The summed E-state index contributed by atoms with van der Waals surface area (Å²) in [5, 5.41) is 6.51. The van der Waals surface area contributed by atoms with Gasteiger partial charge in [0.2, 0.25) is 5.91 Å². The summed E-state index contributed by atoms with van der Waals surface area (Å²) in [6, 6.07) is 15.8. The lowest BCUT2D eigenvalue weighted by Gasteiger charge is -2.32. The van der Waals surface area contributed by atoms with Crippen molar-refractivity contribution < 1.29 is 22.8 Å². The molecular formula is C26H28F3N5O2. The molecule has 1 N–H and O–H groups in total. The van der Waals surface area contributed by atoms with Gasteiger partial charge in [0, 0.05) is 30.4 Å². The number of hydrogen-bond donors (Lipinski definition) is 1. The van der Waals surface area contributed by atoms with Crippen LogP contribution in [0.1, 0.15) is 64.9 Å². The Bertz CT molecular complexity index is 1220. The first-order valence-electron chi connectivity index (χ1n) is 11.8. The molecular weight excluding hydrogens is 471 g/mol. The Morgan fingerprint density at radius 1 is 1.08 bits per heavy atom. The summed E-state index contributed by atoms with van der Waals surface area (Å²) >= 11 is 0. The number of amides is 2. The van der Waals surface area contributed by atoms with E-state index in [0.717, 1.165) is 22.0 Å². The molecule has 1 fully saturated rings. The fourth-order valence-electron chi connectivity index (χ4n) is 4.36. The number of alkyl halides is 3. The van der Waals surface area contributed by atoms with E-state index in [1.165, 1.54) is 6.92 Å². The number of nitrogens with one attached hydrogen (secondary N) is 1. The second-order valence-electron chi connectivity index (χ2n) is 9.03. The third-order valence-corrected chi connectivity index (χ3v) is 6.47. The molecule has 0 bridgehead atoms. The van der Waals surface area contributed by atoms with E-state index in [9.17, 15) is 22.8 Å². The van der Waals surface area contributed by atoms with Gasteiger partial charge in [-0.25, -0.2) is 4.98 Å². The van der Waals surface area contributed by atoms with Crippen LogP contribution >= 0.6 is 0 Å². The Hall–Kier alpha value is -3.69. The van der Waals surface area contributed by atoms with E-state index in [-0.39, 0.29) is 36.0 Å². The SMILES string of the molecule is Cc1cc(C(F)(F)F)nn1CC(=O)N1CCC(c2cccc(C(=O)NC(C)c3ccccc3)n2)CC1. The minimum absolute atomic E-state index is 0.0802. The molecule has 1 aromatic carbocycles. The molecule has 1 aliphatic rings. The summed E-state index contributed by atoms with van der Waals surface area (Å²) in [5.74, 6) is -0.449. The standard InChI is InChI=1S/C26H28F3N5O2/c1-17-15-23(26(27,28)29)32-34(17)16-24(35)33-13-11-20(12-14-33)21-9-6-10-22(31-21)25(36)30-18(2)19-7-4-3-5-8-19/h3-10,15,18,20H,11-14,16H2,1-2H3,(H,30,36). The van der Waals surface area contributed by atoms with Crippen LogP contribution < -0.4 is 5.32 Å². The number of rotatable bonds is 6. The topological polar surface area (TPSA) is 80.1 Å². The van der Waals surface area contributed by atoms with Crippen molar-refractivity contribution in [2.45, 2.75) is 51.4 Å². The first kappa shape index (κ1) is 25.4. The predicted octanol–water partition coefficient (Wildman–Crippen LogP) is 4.50. The normalized spacial score (nSPS) is 15.5. The van der Waals surface area contributed by atoms with Crippen molar-refractivity contribution in [3.63, 3.8) is 0 Å². The maximum absolute atomic E-state index is 12.9. The van der Waals surface area contributed by atoms with Gasteiger partial charge in [-0.2, -0.15) is 18.3 Å². The maximum atomic E-state index is 12.9. The summed E-state index contributed by atoms with van der Waals surface area (Å²) in [7, 11) is 0. The highest BCUT2D eigenvalue weighted by Crippen LogP contribution is 2.29. The number of nitrogens with zero attached hydrogens (tertiary/aromatic N) is 4.